The van der Waals surface area contributed by atoms with E-state index in [-0.39, 0.29) is 6.10 Å². The van der Waals surface area contributed by atoms with E-state index >= 15 is 0 Å². The molecular formula is C11H17BN2O4. The molecule has 1 aliphatic heterocycles. The molecule has 1 saturated heterocycles. The third-order valence-electron chi connectivity index (χ3n) is 2.81. The Morgan fingerprint density at radius 2 is 2.39 bits per heavy atom. The van der Waals surface area contributed by atoms with E-state index in [1.807, 2.05) is 7.05 Å². The Morgan fingerprint density at radius 3 is 3.11 bits per heavy atom. The molecule has 7 heteroatoms. The summed E-state index contributed by atoms with van der Waals surface area (Å²) in [4.78, 5) is 6.07. The normalized spacial score (nSPS) is 20.7. The molecule has 1 aromatic heterocycles. The molecule has 0 aromatic carbocycles. The minimum atomic E-state index is -1.53. The first-order valence-electron chi connectivity index (χ1n) is 5.89. The molecule has 2 rings (SSSR count). The van der Waals surface area contributed by atoms with Gasteiger partial charge in [-0.15, -0.1) is 0 Å². The van der Waals surface area contributed by atoms with Crippen LogP contribution in [0.15, 0.2) is 18.5 Å². The minimum Gasteiger partial charge on any atom is -0.489 e. The highest BCUT2D eigenvalue weighted by Crippen LogP contribution is 2.09. The molecule has 0 bridgehead atoms. The van der Waals surface area contributed by atoms with Gasteiger partial charge in [0, 0.05) is 24.7 Å². The second-order valence-electron chi connectivity index (χ2n) is 4.39. The first-order chi connectivity index (χ1) is 8.65. The van der Waals surface area contributed by atoms with E-state index in [0.717, 1.165) is 13.1 Å². The molecule has 1 aromatic rings. The lowest BCUT2D eigenvalue weighted by molar-refractivity contribution is -0.0403. The molecule has 0 aliphatic carbocycles. The first kappa shape index (κ1) is 13.3. The van der Waals surface area contributed by atoms with Crippen LogP contribution in [0.2, 0.25) is 0 Å². The highest BCUT2D eigenvalue weighted by molar-refractivity contribution is 6.58. The molecule has 1 fully saturated rings. The van der Waals surface area contributed by atoms with Gasteiger partial charge in [0.05, 0.1) is 12.8 Å². The number of likely N-dealkylation sites (N-methyl/N-ethyl adjacent to an activating group) is 1. The van der Waals surface area contributed by atoms with Crippen molar-refractivity contribution >= 4 is 12.6 Å². The average Bonchev–Trinajstić information content (AvgIpc) is 2.37. The molecule has 18 heavy (non-hydrogen) atoms. The highest BCUT2D eigenvalue weighted by Gasteiger charge is 2.18. The summed E-state index contributed by atoms with van der Waals surface area (Å²) in [7, 11) is 0.512. The lowest BCUT2D eigenvalue weighted by atomic mass is 9.82. The Bertz CT molecular complexity index is 391. The van der Waals surface area contributed by atoms with Crippen LogP contribution in [0.3, 0.4) is 0 Å². The van der Waals surface area contributed by atoms with E-state index < -0.39 is 7.12 Å². The van der Waals surface area contributed by atoms with Crippen molar-refractivity contribution in [3.63, 3.8) is 0 Å². The summed E-state index contributed by atoms with van der Waals surface area (Å²) in [6.45, 7) is 2.90. The van der Waals surface area contributed by atoms with Crippen molar-refractivity contribution in [2.24, 2.45) is 0 Å². The summed E-state index contributed by atoms with van der Waals surface area (Å²) in [6.07, 6.45) is 2.97. The Morgan fingerprint density at radius 1 is 1.56 bits per heavy atom. The lowest BCUT2D eigenvalue weighted by Gasteiger charge is -2.29. The molecule has 2 N–H and O–H groups in total. The molecule has 0 radical (unpaired) electrons. The van der Waals surface area contributed by atoms with Gasteiger partial charge in [0.1, 0.15) is 18.5 Å². The molecule has 0 spiro atoms. The van der Waals surface area contributed by atoms with Crippen LogP contribution < -0.4 is 10.2 Å². The van der Waals surface area contributed by atoms with Crippen LogP contribution in [-0.2, 0) is 4.74 Å². The van der Waals surface area contributed by atoms with E-state index in [1.54, 1.807) is 12.3 Å². The number of pyridine rings is 1. The maximum absolute atomic E-state index is 9.03. The number of ether oxygens (including phenoxy) is 2. The van der Waals surface area contributed by atoms with E-state index in [9.17, 15) is 0 Å². The van der Waals surface area contributed by atoms with Gasteiger partial charge in [0.15, 0.2) is 0 Å². The monoisotopic (exact) mass is 252 g/mol. The Kier molecular flexibility index (Phi) is 4.54. The number of aromatic nitrogens is 1. The number of hydrogen-bond donors (Lipinski definition) is 2. The first-order valence-corrected chi connectivity index (χ1v) is 5.89. The molecule has 6 nitrogen and oxygen atoms in total. The topological polar surface area (TPSA) is 75.1 Å². The highest BCUT2D eigenvalue weighted by atomic mass is 16.5. The van der Waals surface area contributed by atoms with Crippen molar-refractivity contribution in [2.75, 3.05) is 33.4 Å². The minimum absolute atomic E-state index is 0.0338. The largest absolute Gasteiger partial charge is 0.490 e. The van der Waals surface area contributed by atoms with Crippen molar-refractivity contribution in [1.29, 1.82) is 0 Å². The summed E-state index contributed by atoms with van der Waals surface area (Å²) in [5.41, 5.74) is 0.314. The molecule has 98 valence electrons. The fourth-order valence-electron chi connectivity index (χ4n) is 1.81. The Balaban J connectivity index is 1.87. The van der Waals surface area contributed by atoms with E-state index in [0.29, 0.717) is 24.4 Å². The van der Waals surface area contributed by atoms with Crippen molar-refractivity contribution in [2.45, 2.75) is 6.10 Å². The van der Waals surface area contributed by atoms with Crippen molar-refractivity contribution in [1.82, 2.24) is 9.88 Å². The van der Waals surface area contributed by atoms with Gasteiger partial charge in [0.2, 0.25) is 0 Å². The van der Waals surface area contributed by atoms with Gasteiger partial charge in [-0.25, -0.2) is 0 Å². The standard InChI is InChI=1S/C11H17BN2O4/c1-14-2-3-17-11(7-14)8-18-10-4-9(12(15)16)5-13-6-10/h4-6,11,15-16H,2-3,7-8H2,1H3. The summed E-state index contributed by atoms with van der Waals surface area (Å²) in [5, 5.41) is 18.1. The van der Waals surface area contributed by atoms with Crippen molar-refractivity contribution < 1.29 is 19.5 Å². The molecule has 2 heterocycles. The maximum Gasteiger partial charge on any atom is 0.490 e. The van der Waals surface area contributed by atoms with Crippen LogP contribution in [0.1, 0.15) is 0 Å². The maximum atomic E-state index is 9.03. The fourth-order valence-corrected chi connectivity index (χ4v) is 1.81. The molecule has 1 aliphatic rings. The molecule has 1 unspecified atom stereocenters. The van der Waals surface area contributed by atoms with E-state index in [4.69, 9.17) is 19.5 Å². The van der Waals surface area contributed by atoms with Gasteiger partial charge in [-0.2, -0.15) is 0 Å². The van der Waals surface area contributed by atoms with Crippen LogP contribution in [0.5, 0.6) is 5.75 Å². The van der Waals surface area contributed by atoms with Crippen LogP contribution >= 0.6 is 0 Å². The Labute approximate surface area is 106 Å². The van der Waals surface area contributed by atoms with Gasteiger partial charge in [-0.3, -0.25) is 4.98 Å². The number of rotatable bonds is 4. The van der Waals surface area contributed by atoms with Crippen LogP contribution in [0.25, 0.3) is 0 Å². The van der Waals surface area contributed by atoms with Crippen molar-refractivity contribution in [3.05, 3.63) is 18.5 Å². The molecule has 0 saturated carbocycles. The van der Waals surface area contributed by atoms with Gasteiger partial charge < -0.3 is 24.4 Å². The SMILES string of the molecule is CN1CCOC(COc2cncc(B(O)O)c2)C1. The molecule has 1 atom stereocenters. The summed E-state index contributed by atoms with van der Waals surface area (Å²) < 4.78 is 11.1. The zero-order valence-corrected chi connectivity index (χ0v) is 10.3. The van der Waals surface area contributed by atoms with Crippen LogP contribution in [-0.4, -0.2) is 66.5 Å². The van der Waals surface area contributed by atoms with Gasteiger partial charge >= 0.3 is 7.12 Å². The lowest BCUT2D eigenvalue weighted by Crippen LogP contribution is -2.42. The Hall–Kier alpha value is -1.15. The quantitative estimate of drug-likeness (QED) is 0.633. The second kappa shape index (κ2) is 6.15. The van der Waals surface area contributed by atoms with E-state index in [2.05, 4.69) is 9.88 Å². The zero-order valence-electron chi connectivity index (χ0n) is 10.3. The van der Waals surface area contributed by atoms with Crippen LogP contribution in [0, 0.1) is 0 Å². The third kappa shape index (κ3) is 3.68. The fraction of sp³-hybridized carbons (Fsp3) is 0.545. The average molecular weight is 252 g/mol. The summed E-state index contributed by atoms with van der Waals surface area (Å²) >= 11 is 0. The number of nitrogens with zero attached hydrogens (tertiary/aromatic N) is 2. The third-order valence-corrected chi connectivity index (χ3v) is 2.81. The van der Waals surface area contributed by atoms with Crippen molar-refractivity contribution in [3.8, 4) is 5.75 Å². The van der Waals surface area contributed by atoms with Gasteiger partial charge in [-0.05, 0) is 13.1 Å². The number of hydrogen-bond acceptors (Lipinski definition) is 6. The van der Waals surface area contributed by atoms with Gasteiger partial charge in [-0.1, -0.05) is 0 Å². The summed E-state index contributed by atoms with van der Waals surface area (Å²) in [5.74, 6) is 0.512. The van der Waals surface area contributed by atoms with E-state index in [1.165, 1.54) is 6.20 Å². The zero-order chi connectivity index (χ0) is 13.0. The molecular weight excluding hydrogens is 235 g/mol. The second-order valence-corrected chi connectivity index (χ2v) is 4.39. The predicted molar refractivity (Wildman–Crippen MR) is 66.8 cm³/mol. The number of morpholine rings is 1. The smallest absolute Gasteiger partial charge is 0.489 e. The predicted octanol–water partition coefficient (Wildman–Crippen LogP) is -1.53. The van der Waals surface area contributed by atoms with Crippen LogP contribution in [0.4, 0.5) is 0 Å². The molecule has 0 amide bonds. The summed E-state index contributed by atoms with van der Waals surface area (Å²) in [6, 6.07) is 1.56. The van der Waals surface area contributed by atoms with Gasteiger partial charge in [0.25, 0.3) is 0 Å².